The van der Waals surface area contributed by atoms with E-state index >= 15 is 0 Å². The number of rotatable bonds is 4. The van der Waals surface area contributed by atoms with Gasteiger partial charge in [0, 0.05) is 25.2 Å². The molecule has 2 rings (SSSR count). The summed E-state index contributed by atoms with van der Waals surface area (Å²) in [6.45, 7) is 1.39. The highest BCUT2D eigenvalue weighted by Gasteiger charge is 2.19. The van der Waals surface area contributed by atoms with Crippen LogP contribution in [-0.4, -0.2) is 43.0 Å². The molecule has 0 saturated carbocycles. The Morgan fingerprint density at radius 3 is 3.00 bits per heavy atom. The molecule has 0 aliphatic carbocycles. The van der Waals surface area contributed by atoms with Crippen LogP contribution < -0.4 is 11.1 Å². The maximum atomic E-state index is 13.0. The Hall–Kier alpha value is -2.15. The molecule has 1 aliphatic rings. The van der Waals surface area contributed by atoms with Crippen molar-refractivity contribution in [3.05, 3.63) is 24.0 Å². The van der Waals surface area contributed by atoms with Gasteiger partial charge in [0.25, 0.3) is 0 Å². The summed E-state index contributed by atoms with van der Waals surface area (Å²) in [7, 11) is 0. The van der Waals surface area contributed by atoms with E-state index in [-0.39, 0.29) is 30.5 Å². The van der Waals surface area contributed by atoms with Crippen LogP contribution in [0.3, 0.4) is 0 Å². The number of carbonyl (C=O) groups excluding carboxylic acids is 2. The maximum absolute atomic E-state index is 13.0. The van der Waals surface area contributed by atoms with Crippen LogP contribution in [-0.2, 0) is 14.3 Å². The third-order valence-corrected chi connectivity index (χ3v) is 2.97. The van der Waals surface area contributed by atoms with Crippen molar-refractivity contribution < 1.29 is 18.7 Å². The minimum absolute atomic E-state index is 0.0221. The molecule has 7 heteroatoms. The second-order valence-electron chi connectivity index (χ2n) is 4.47. The lowest BCUT2D eigenvalue weighted by Gasteiger charge is -2.26. The Balaban J connectivity index is 1.83. The van der Waals surface area contributed by atoms with Crippen LogP contribution in [0.15, 0.2) is 18.2 Å². The molecular weight excluding hydrogens is 265 g/mol. The number of anilines is 2. The van der Waals surface area contributed by atoms with Crippen molar-refractivity contribution in [1.29, 1.82) is 0 Å². The van der Waals surface area contributed by atoms with E-state index in [2.05, 4.69) is 5.32 Å². The lowest BCUT2D eigenvalue weighted by Crippen LogP contribution is -2.42. The first-order valence-corrected chi connectivity index (χ1v) is 6.26. The molecule has 1 aliphatic heterocycles. The molecule has 0 atom stereocenters. The quantitative estimate of drug-likeness (QED) is 0.791. The number of nitrogen functional groups attached to an aromatic ring is 1. The zero-order valence-electron chi connectivity index (χ0n) is 10.9. The van der Waals surface area contributed by atoms with E-state index in [0.717, 1.165) is 0 Å². The van der Waals surface area contributed by atoms with Crippen molar-refractivity contribution in [3.63, 3.8) is 0 Å². The Kier molecular flexibility index (Phi) is 4.52. The average Bonchev–Trinajstić information content (AvgIpc) is 2.42. The molecule has 1 saturated heterocycles. The maximum Gasteiger partial charge on any atom is 0.248 e. The first kappa shape index (κ1) is 14.3. The topological polar surface area (TPSA) is 84.7 Å². The molecule has 1 fully saturated rings. The number of nitrogens with two attached hydrogens (primary N) is 1. The number of ether oxygens (including phenoxy) is 1. The van der Waals surface area contributed by atoms with Gasteiger partial charge in [0.15, 0.2) is 0 Å². The summed E-state index contributed by atoms with van der Waals surface area (Å²) < 4.78 is 18.0. The third kappa shape index (κ3) is 3.67. The Bertz CT molecular complexity index is 522. The Morgan fingerprint density at radius 2 is 2.30 bits per heavy atom. The number of benzene rings is 1. The molecule has 0 aromatic heterocycles. The van der Waals surface area contributed by atoms with Crippen molar-refractivity contribution in [3.8, 4) is 0 Å². The lowest BCUT2D eigenvalue weighted by molar-refractivity contribution is -0.142. The van der Waals surface area contributed by atoms with E-state index in [4.69, 9.17) is 10.5 Å². The fourth-order valence-electron chi connectivity index (χ4n) is 1.87. The molecule has 20 heavy (non-hydrogen) atoms. The van der Waals surface area contributed by atoms with Crippen LogP contribution in [0.5, 0.6) is 0 Å². The number of carbonyl (C=O) groups is 2. The van der Waals surface area contributed by atoms with Gasteiger partial charge in [0.2, 0.25) is 11.8 Å². The SMILES string of the molecule is Nc1cc(NC(=O)CCN2CCOCC2=O)ccc1F. The molecule has 108 valence electrons. The minimum Gasteiger partial charge on any atom is -0.396 e. The first-order valence-electron chi connectivity index (χ1n) is 6.26. The molecule has 0 bridgehead atoms. The molecule has 6 nitrogen and oxygen atoms in total. The standard InChI is InChI=1S/C13H16FN3O3/c14-10-2-1-9(7-11(10)15)16-12(18)3-4-17-5-6-20-8-13(17)19/h1-2,7H,3-6,8,15H2,(H,16,18). The highest BCUT2D eigenvalue weighted by atomic mass is 19.1. The first-order chi connectivity index (χ1) is 9.56. The number of nitrogens with zero attached hydrogens (tertiary/aromatic N) is 1. The van der Waals surface area contributed by atoms with Gasteiger partial charge in [-0.2, -0.15) is 0 Å². The largest absolute Gasteiger partial charge is 0.396 e. The smallest absolute Gasteiger partial charge is 0.248 e. The summed E-state index contributed by atoms with van der Waals surface area (Å²) in [6.07, 6.45) is 0.170. The van der Waals surface area contributed by atoms with E-state index < -0.39 is 5.82 Å². The van der Waals surface area contributed by atoms with Gasteiger partial charge in [0.1, 0.15) is 12.4 Å². The normalized spacial score (nSPS) is 15.2. The van der Waals surface area contributed by atoms with Gasteiger partial charge >= 0.3 is 0 Å². The Morgan fingerprint density at radius 1 is 1.50 bits per heavy atom. The summed E-state index contributed by atoms with van der Waals surface area (Å²) >= 11 is 0. The third-order valence-electron chi connectivity index (χ3n) is 2.97. The van der Waals surface area contributed by atoms with Gasteiger partial charge in [-0.25, -0.2) is 4.39 Å². The minimum atomic E-state index is -0.526. The van der Waals surface area contributed by atoms with E-state index in [1.165, 1.54) is 18.2 Å². The lowest BCUT2D eigenvalue weighted by atomic mass is 10.2. The fraction of sp³-hybridized carbons (Fsp3) is 0.385. The number of amides is 2. The van der Waals surface area contributed by atoms with Crippen molar-refractivity contribution in [2.45, 2.75) is 6.42 Å². The van der Waals surface area contributed by atoms with Gasteiger partial charge in [0.05, 0.1) is 12.3 Å². The molecule has 1 aromatic carbocycles. The second-order valence-corrected chi connectivity index (χ2v) is 4.47. The second kappa shape index (κ2) is 6.33. The zero-order valence-corrected chi connectivity index (χ0v) is 10.9. The molecular formula is C13H16FN3O3. The fourth-order valence-corrected chi connectivity index (χ4v) is 1.87. The van der Waals surface area contributed by atoms with Crippen LogP contribution in [0.1, 0.15) is 6.42 Å². The van der Waals surface area contributed by atoms with Gasteiger partial charge in [-0.05, 0) is 18.2 Å². The van der Waals surface area contributed by atoms with Crippen molar-refractivity contribution in [2.24, 2.45) is 0 Å². The van der Waals surface area contributed by atoms with Crippen LogP contribution in [0, 0.1) is 5.82 Å². The zero-order chi connectivity index (χ0) is 14.5. The van der Waals surface area contributed by atoms with Crippen LogP contribution in [0.4, 0.5) is 15.8 Å². The predicted octanol–water partition coefficient (Wildman–Crippen LogP) is 0.595. The van der Waals surface area contributed by atoms with Gasteiger partial charge in [-0.15, -0.1) is 0 Å². The number of hydrogen-bond donors (Lipinski definition) is 2. The highest BCUT2D eigenvalue weighted by molar-refractivity contribution is 5.91. The van der Waals surface area contributed by atoms with E-state index in [1.807, 2.05) is 0 Å². The predicted molar refractivity (Wildman–Crippen MR) is 71.5 cm³/mol. The number of morpholine rings is 1. The molecule has 1 heterocycles. The average molecular weight is 281 g/mol. The molecule has 0 spiro atoms. The van der Waals surface area contributed by atoms with Crippen LogP contribution >= 0.6 is 0 Å². The summed E-state index contributed by atoms with van der Waals surface area (Å²) in [6, 6.07) is 3.98. The molecule has 0 unspecified atom stereocenters. The molecule has 3 N–H and O–H groups in total. The van der Waals surface area contributed by atoms with Crippen LogP contribution in [0.2, 0.25) is 0 Å². The number of halogens is 1. The van der Waals surface area contributed by atoms with E-state index in [9.17, 15) is 14.0 Å². The monoisotopic (exact) mass is 281 g/mol. The summed E-state index contributed by atoms with van der Waals surface area (Å²) in [5.41, 5.74) is 5.82. The highest BCUT2D eigenvalue weighted by Crippen LogP contribution is 2.16. The van der Waals surface area contributed by atoms with E-state index in [1.54, 1.807) is 4.90 Å². The van der Waals surface area contributed by atoms with Crippen molar-refractivity contribution in [2.75, 3.05) is 37.4 Å². The molecule has 2 amide bonds. The van der Waals surface area contributed by atoms with Gasteiger partial charge in [-0.3, -0.25) is 9.59 Å². The number of nitrogens with one attached hydrogen (secondary N) is 1. The van der Waals surface area contributed by atoms with Gasteiger partial charge < -0.3 is 20.7 Å². The number of hydrogen-bond acceptors (Lipinski definition) is 4. The van der Waals surface area contributed by atoms with Crippen molar-refractivity contribution >= 4 is 23.2 Å². The van der Waals surface area contributed by atoms with E-state index in [0.29, 0.717) is 25.4 Å². The summed E-state index contributed by atoms with van der Waals surface area (Å²) in [5.74, 6) is -0.896. The van der Waals surface area contributed by atoms with Gasteiger partial charge in [-0.1, -0.05) is 0 Å². The molecule has 0 radical (unpaired) electrons. The molecule has 1 aromatic rings. The Labute approximate surface area is 115 Å². The summed E-state index contributed by atoms with van der Waals surface area (Å²) in [5, 5.41) is 2.61. The van der Waals surface area contributed by atoms with Crippen LogP contribution in [0.25, 0.3) is 0 Å². The van der Waals surface area contributed by atoms with Crippen molar-refractivity contribution in [1.82, 2.24) is 4.90 Å². The summed E-state index contributed by atoms with van der Waals surface area (Å²) in [4.78, 5) is 24.8.